The fourth-order valence-corrected chi connectivity index (χ4v) is 3.32. The summed E-state index contributed by atoms with van der Waals surface area (Å²) in [6, 6.07) is 2.38. The van der Waals surface area contributed by atoms with Gasteiger partial charge in [0.1, 0.15) is 5.82 Å². The number of rotatable bonds is 2. The Bertz CT molecular complexity index is 342. The molecule has 15 heavy (non-hydrogen) atoms. The molecule has 2 rings (SSSR count). The van der Waals surface area contributed by atoms with Gasteiger partial charge in [-0.15, -0.1) is 0 Å². The number of thioether (sulfide) groups is 1. The minimum atomic E-state index is 0.509. The molecule has 5 heteroatoms. The lowest BCUT2D eigenvalue weighted by Crippen LogP contribution is -2.26. The number of halogens is 2. The van der Waals surface area contributed by atoms with E-state index in [1.807, 2.05) is 17.8 Å². The lowest BCUT2D eigenvalue weighted by molar-refractivity contribution is 0.682. The standard InChI is InChI=1S/C10H12BrClN2S/c11-7-4-9(12)10(13-5-7)14-8-2-1-3-15-6-8/h4-5,8H,1-3,6H2,(H,13,14). The predicted octanol–water partition coefficient (Wildman–Crippen LogP) is 3.81. The summed E-state index contributed by atoms with van der Waals surface area (Å²) in [7, 11) is 0. The molecule has 1 fully saturated rings. The van der Waals surface area contributed by atoms with Gasteiger partial charge in [-0.2, -0.15) is 11.8 Å². The summed E-state index contributed by atoms with van der Waals surface area (Å²) in [6.07, 6.45) is 4.25. The van der Waals surface area contributed by atoms with Crippen molar-refractivity contribution in [3.63, 3.8) is 0 Å². The van der Waals surface area contributed by atoms with Gasteiger partial charge in [0.25, 0.3) is 0 Å². The van der Waals surface area contributed by atoms with E-state index in [1.165, 1.54) is 18.6 Å². The smallest absolute Gasteiger partial charge is 0.145 e. The van der Waals surface area contributed by atoms with Crippen LogP contribution in [0.25, 0.3) is 0 Å². The molecule has 1 N–H and O–H groups in total. The molecule has 0 amide bonds. The Morgan fingerprint density at radius 1 is 1.60 bits per heavy atom. The van der Waals surface area contributed by atoms with Crippen LogP contribution in [0, 0.1) is 0 Å². The molecule has 1 aliphatic heterocycles. The summed E-state index contributed by atoms with van der Waals surface area (Å²) >= 11 is 11.4. The molecule has 1 aliphatic rings. The Labute approximate surface area is 107 Å². The van der Waals surface area contributed by atoms with Crippen LogP contribution >= 0.6 is 39.3 Å². The van der Waals surface area contributed by atoms with Crippen LogP contribution in [-0.2, 0) is 0 Å². The van der Waals surface area contributed by atoms with Crippen molar-refractivity contribution in [3.8, 4) is 0 Å². The van der Waals surface area contributed by atoms with E-state index in [0.717, 1.165) is 16.0 Å². The van der Waals surface area contributed by atoms with E-state index in [0.29, 0.717) is 11.1 Å². The van der Waals surface area contributed by atoms with Crippen molar-refractivity contribution >= 4 is 45.1 Å². The van der Waals surface area contributed by atoms with Gasteiger partial charge in [-0.05, 0) is 40.6 Å². The zero-order valence-corrected chi connectivity index (χ0v) is 11.3. The van der Waals surface area contributed by atoms with E-state index in [9.17, 15) is 0 Å². The second-order valence-corrected chi connectivity index (χ2v) is 6.02. The van der Waals surface area contributed by atoms with Crippen molar-refractivity contribution in [1.29, 1.82) is 0 Å². The van der Waals surface area contributed by atoms with E-state index in [4.69, 9.17) is 11.6 Å². The van der Waals surface area contributed by atoms with Crippen LogP contribution in [0.2, 0.25) is 5.02 Å². The van der Waals surface area contributed by atoms with Crippen LogP contribution in [0.5, 0.6) is 0 Å². The Kier molecular flexibility index (Phi) is 4.17. The van der Waals surface area contributed by atoms with E-state index < -0.39 is 0 Å². The molecule has 2 nitrogen and oxygen atoms in total. The molecule has 1 atom stereocenters. The monoisotopic (exact) mass is 306 g/mol. The van der Waals surface area contributed by atoms with Crippen molar-refractivity contribution in [2.24, 2.45) is 0 Å². The number of anilines is 1. The van der Waals surface area contributed by atoms with Crippen molar-refractivity contribution < 1.29 is 0 Å². The molecule has 2 heterocycles. The summed E-state index contributed by atoms with van der Waals surface area (Å²) in [5.41, 5.74) is 0. The van der Waals surface area contributed by atoms with Gasteiger partial charge in [-0.1, -0.05) is 11.6 Å². The van der Waals surface area contributed by atoms with E-state index >= 15 is 0 Å². The van der Waals surface area contributed by atoms with Gasteiger partial charge < -0.3 is 5.32 Å². The maximum Gasteiger partial charge on any atom is 0.145 e. The summed E-state index contributed by atoms with van der Waals surface area (Å²) < 4.78 is 0.913. The van der Waals surface area contributed by atoms with Gasteiger partial charge in [-0.3, -0.25) is 0 Å². The predicted molar refractivity (Wildman–Crippen MR) is 70.9 cm³/mol. The molecule has 1 unspecified atom stereocenters. The third-order valence-electron chi connectivity index (χ3n) is 2.31. The fourth-order valence-electron chi connectivity index (χ4n) is 1.57. The fraction of sp³-hybridized carbons (Fsp3) is 0.500. The molecule has 0 aliphatic carbocycles. The summed E-state index contributed by atoms with van der Waals surface area (Å²) in [4.78, 5) is 4.27. The number of nitrogens with zero attached hydrogens (tertiary/aromatic N) is 1. The van der Waals surface area contributed by atoms with Crippen molar-refractivity contribution in [2.75, 3.05) is 16.8 Å². The number of hydrogen-bond donors (Lipinski definition) is 1. The maximum atomic E-state index is 6.09. The van der Waals surface area contributed by atoms with Crippen LogP contribution in [-0.4, -0.2) is 22.5 Å². The number of aromatic nitrogens is 1. The lowest BCUT2D eigenvalue weighted by Gasteiger charge is -2.23. The van der Waals surface area contributed by atoms with Crippen LogP contribution in [0.3, 0.4) is 0 Å². The minimum Gasteiger partial charge on any atom is -0.365 e. The summed E-state index contributed by atoms with van der Waals surface area (Å²) in [6.45, 7) is 0. The van der Waals surface area contributed by atoms with E-state index in [-0.39, 0.29) is 0 Å². The molecule has 0 radical (unpaired) electrons. The molecule has 82 valence electrons. The third-order valence-corrected chi connectivity index (χ3v) is 4.25. The normalized spacial score (nSPS) is 21.3. The summed E-state index contributed by atoms with van der Waals surface area (Å²) in [5.74, 6) is 3.22. The van der Waals surface area contributed by atoms with Gasteiger partial charge in [0, 0.05) is 22.5 Å². The molecule has 0 saturated carbocycles. The zero-order valence-electron chi connectivity index (χ0n) is 8.17. The van der Waals surface area contributed by atoms with Crippen LogP contribution in [0.15, 0.2) is 16.7 Å². The molecule has 0 aromatic carbocycles. The van der Waals surface area contributed by atoms with Crippen molar-refractivity contribution in [3.05, 3.63) is 21.8 Å². The molecule has 1 saturated heterocycles. The SMILES string of the molecule is Clc1cc(Br)cnc1NC1CCCSC1. The Morgan fingerprint density at radius 3 is 3.13 bits per heavy atom. The van der Waals surface area contributed by atoms with Gasteiger partial charge in [0.05, 0.1) is 5.02 Å². The number of nitrogens with one attached hydrogen (secondary N) is 1. The van der Waals surface area contributed by atoms with Gasteiger partial charge in [-0.25, -0.2) is 4.98 Å². The molecule has 0 spiro atoms. The van der Waals surface area contributed by atoms with E-state index in [1.54, 1.807) is 6.20 Å². The van der Waals surface area contributed by atoms with Crippen LogP contribution in [0.4, 0.5) is 5.82 Å². The van der Waals surface area contributed by atoms with Crippen LogP contribution < -0.4 is 5.32 Å². The zero-order chi connectivity index (χ0) is 10.7. The first kappa shape index (κ1) is 11.6. The second kappa shape index (κ2) is 5.41. The van der Waals surface area contributed by atoms with Crippen molar-refractivity contribution in [2.45, 2.75) is 18.9 Å². The lowest BCUT2D eigenvalue weighted by atomic mass is 10.2. The first-order valence-corrected chi connectivity index (χ1v) is 7.23. The number of hydrogen-bond acceptors (Lipinski definition) is 3. The average Bonchev–Trinajstić information content (AvgIpc) is 2.24. The van der Waals surface area contributed by atoms with Gasteiger partial charge >= 0.3 is 0 Å². The Hall–Kier alpha value is 0.0700. The highest BCUT2D eigenvalue weighted by atomic mass is 79.9. The Balaban J connectivity index is 2.03. The highest BCUT2D eigenvalue weighted by Gasteiger charge is 2.15. The summed E-state index contributed by atoms with van der Waals surface area (Å²) in [5, 5.41) is 4.07. The van der Waals surface area contributed by atoms with Crippen LogP contribution in [0.1, 0.15) is 12.8 Å². The van der Waals surface area contributed by atoms with E-state index in [2.05, 4.69) is 26.2 Å². The molecule has 1 aromatic heterocycles. The van der Waals surface area contributed by atoms with Gasteiger partial charge in [0.15, 0.2) is 0 Å². The average molecular weight is 308 g/mol. The Morgan fingerprint density at radius 2 is 2.47 bits per heavy atom. The minimum absolute atomic E-state index is 0.509. The van der Waals surface area contributed by atoms with Gasteiger partial charge in [0.2, 0.25) is 0 Å². The number of pyridine rings is 1. The second-order valence-electron chi connectivity index (χ2n) is 3.54. The topological polar surface area (TPSA) is 24.9 Å². The molecular formula is C10H12BrClN2S. The largest absolute Gasteiger partial charge is 0.365 e. The third kappa shape index (κ3) is 3.26. The maximum absolute atomic E-state index is 6.09. The van der Waals surface area contributed by atoms with Crippen molar-refractivity contribution in [1.82, 2.24) is 4.98 Å². The molecule has 0 bridgehead atoms. The quantitative estimate of drug-likeness (QED) is 0.899. The highest BCUT2D eigenvalue weighted by molar-refractivity contribution is 9.10. The first-order valence-electron chi connectivity index (χ1n) is 4.91. The molecular weight excluding hydrogens is 296 g/mol. The first-order chi connectivity index (χ1) is 7.25. The molecule has 1 aromatic rings. The highest BCUT2D eigenvalue weighted by Crippen LogP contribution is 2.26.